The standard InChI is InChI=1S/C15H17NO/c1-2-13-7-3-4-9-15(13)17-14-8-5-6-12(10-14)11-16/h3-10H,2,11,16H2,1H3. The van der Waals surface area contributed by atoms with E-state index in [4.69, 9.17) is 10.5 Å². The van der Waals surface area contributed by atoms with Crippen LogP contribution in [-0.2, 0) is 13.0 Å². The van der Waals surface area contributed by atoms with Crippen LogP contribution in [0.1, 0.15) is 18.1 Å². The van der Waals surface area contributed by atoms with Crippen LogP contribution in [0.15, 0.2) is 48.5 Å². The van der Waals surface area contributed by atoms with Gasteiger partial charge in [0.05, 0.1) is 0 Å². The predicted octanol–water partition coefficient (Wildman–Crippen LogP) is 3.50. The van der Waals surface area contributed by atoms with E-state index in [0.29, 0.717) is 6.54 Å². The van der Waals surface area contributed by atoms with E-state index in [1.807, 2.05) is 42.5 Å². The van der Waals surface area contributed by atoms with Gasteiger partial charge in [-0.25, -0.2) is 0 Å². The zero-order valence-corrected chi connectivity index (χ0v) is 10.0. The molecule has 2 heteroatoms. The molecule has 2 N–H and O–H groups in total. The van der Waals surface area contributed by atoms with Gasteiger partial charge in [-0.3, -0.25) is 0 Å². The van der Waals surface area contributed by atoms with E-state index >= 15 is 0 Å². The fourth-order valence-corrected chi connectivity index (χ4v) is 1.76. The third kappa shape index (κ3) is 2.86. The number of hydrogen-bond donors (Lipinski definition) is 1. The molecular formula is C15H17NO. The lowest BCUT2D eigenvalue weighted by Gasteiger charge is -2.10. The maximum Gasteiger partial charge on any atom is 0.130 e. The first-order chi connectivity index (χ1) is 8.33. The van der Waals surface area contributed by atoms with Crippen LogP contribution in [0.4, 0.5) is 0 Å². The summed E-state index contributed by atoms with van der Waals surface area (Å²) in [7, 11) is 0. The lowest BCUT2D eigenvalue weighted by molar-refractivity contribution is 0.476. The summed E-state index contributed by atoms with van der Waals surface area (Å²) in [6.07, 6.45) is 0.965. The molecule has 17 heavy (non-hydrogen) atoms. The van der Waals surface area contributed by atoms with Crippen LogP contribution in [-0.4, -0.2) is 0 Å². The van der Waals surface area contributed by atoms with E-state index in [9.17, 15) is 0 Å². The molecule has 0 atom stereocenters. The Labute approximate surface area is 102 Å². The average Bonchev–Trinajstić information content (AvgIpc) is 2.39. The fraction of sp³-hybridized carbons (Fsp3) is 0.200. The first-order valence-electron chi connectivity index (χ1n) is 5.88. The molecule has 2 aromatic rings. The summed E-state index contributed by atoms with van der Waals surface area (Å²) in [4.78, 5) is 0. The van der Waals surface area contributed by atoms with Crippen LogP contribution in [0, 0.1) is 0 Å². The monoisotopic (exact) mass is 227 g/mol. The van der Waals surface area contributed by atoms with Crippen LogP contribution < -0.4 is 10.5 Å². The van der Waals surface area contributed by atoms with Gasteiger partial charge in [-0.15, -0.1) is 0 Å². The van der Waals surface area contributed by atoms with Crippen LogP contribution in [0.25, 0.3) is 0 Å². The number of ether oxygens (including phenoxy) is 1. The minimum atomic E-state index is 0.534. The zero-order valence-electron chi connectivity index (χ0n) is 10.0. The lowest BCUT2D eigenvalue weighted by atomic mass is 10.1. The summed E-state index contributed by atoms with van der Waals surface area (Å²) in [6, 6.07) is 16.0. The predicted molar refractivity (Wildman–Crippen MR) is 70.2 cm³/mol. The maximum absolute atomic E-state index is 5.89. The molecule has 0 saturated heterocycles. The molecule has 0 spiro atoms. The Balaban J connectivity index is 2.24. The topological polar surface area (TPSA) is 35.2 Å². The van der Waals surface area contributed by atoms with E-state index in [-0.39, 0.29) is 0 Å². The van der Waals surface area contributed by atoms with Crippen LogP contribution >= 0.6 is 0 Å². The number of para-hydroxylation sites is 1. The Bertz CT molecular complexity index is 494. The number of hydrogen-bond acceptors (Lipinski definition) is 2. The van der Waals surface area contributed by atoms with Crippen molar-refractivity contribution in [1.29, 1.82) is 0 Å². The van der Waals surface area contributed by atoms with Crippen molar-refractivity contribution < 1.29 is 4.74 Å². The Kier molecular flexibility index (Phi) is 3.78. The molecule has 0 aromatic heterocycles. The SMILES string of the molecule is CCc1ccccc1Oc1cccc(CN)c1. The minimum absolute atomic E-state index is 0.534. The first-order valence-corrected chi connectivity index (χ1v) is 5.88. The Morgan fingerprint density at radius 3 is 2.65 bits per heavy atom. The van der Waals surface area contributed by atoms with Crippen LogP contribution in [0.2, 0.25) is 0 Å². The summed E-state index contributed by atoms with van der Waals surface area (Å²) in [5.41, 5.74) is 7.91. The molecule has 2 rings (SSSR count). The Hall–Kier alpha value is -1.80. The molecule has 0 amide bonds. The van der Waals surface area contributed by atoms with Crippen molar-refractivity contribution >= 4 is 0 Å². The van der Waals surface area contributed by atoms with E-state index in [1.54, 1.807) is 0 Å². The van der Waals surface area contributed by atoms with Gasteiger partial charge in [0.2, 0.25) is 0 Å². The van der Waals surface area contributed by atoms with Crippen LogP contribution in [0.5, 0.6) is 11.5 Å². The highest BCUT2D eigenvalue weighted by molar-refractivity contribution is 5.38. The number of benzene rings is 2. The van der Waals surface area contributed by atoms with Crippen molar-refractivity contribution in [3.63, 3.8) is 0 Å². The Morgan fingerprint density at radius 1 is 1.06 bits per heavy atom. The van der Waals surface area contributed by atoms with Crippen molar-refractivity contribution in [2.24, 2.45) is 5.73 Å². The number of nitrogens with two attached hydrogens (primary N) is 1. The Morgan fingerprint density at radius 2 is 1.88 bits per heavy atom. The summed E-state index contributed by atoms with van der Waals surface area (Å²) >= 11 is 0. The van der Waals surface area contributed by atoms with Crippen molar-refractivity contribution in [2.75, 3.05) is 0 Å². The molecule has 0 aliphatic rings. The third-order valence-electron chi connectivity index (χ3n) is 2.72. The van der Waals surface area contributed by atoms with Crippen LogP contribution in [0.3, 0.4) is 0 Å². The van der Waals surface area contributed by atoms with Crippen molar-refractivity contribution in [3.05, 3.63) is 59.7 Å². The van der Waals surface area contributed by atoms with Gasteiger partial charge in [-0.2, -0.15) is 0 Å². The average molecular weight is 227 g/mol. The van der Waals surface area contributed by atoms with Gasteiger partial charge in [-0.1, -0.05) is 37.3 Å². The lowest BCUT2D eigenvalue weighted by Crippen LogP contribution is -1.96. The normalized spacial score (nSPS) is 10.2. The molecule has 0 heterocycles. The van der Waals surface area contributed by atoms with E-state index in [1.165, 1.54) is 5.56 Å². The molecule has 0 bridgehead atoms. The quantitative estimate of drug-likeness (QED) is 0.867. The van der Waals surface area contributed by atoms with E-state index in [0.717, 1.165) is 23.5 Å². The highest BCUT2D eigenvalue weighted by Gasteiger charge is 2.02. The van der Waals surface area contributed by atoms with Crippen molar-refractivity contribution in [2.45, 2.75) is 19.9 Å². The molecule has 0 saturated carbocycles. The van der Waals surface area contributed by atoms with E-state index < -0.39 is 0 Å². The largest absolute Gasteiger partial charge is 0.457 e. The van der Waals surface area contributed by atoms with Crippen molar-refractivity contribution in [3.8, 4) is 11.5 Å². The van der Waals surface area contributed by atoms with Gasteiger partial charge >= 0.3 is 0 Å². The van der Waals surface area contributed by atoms with Gasteiger partial charge in [0.1, 0.15) is 11.5 Å². The third-order valence-corrected chi connectivity index (χ3v) is 2.72. The molecule has 0 aliphatic carbocycles. The molecule has 2 nitrogen and oxygen atoms in total. The minimum Gasteiger partial charge on any atom is -0.457 e. The smallest absolute Gasteiger partial charge is 0.130 e. The molecule has 0 aliphatic heterocycles. The van der Waals surface area contributed by atoms with Crippen molar-refractivity contribution in [1.82, 2.24) is 0 Å². The van der Waals surface area contributed by atoms with E-state index in [2.05, 4.69) is 13.0 Å². The van der Waals surface area contributed by atoms with Gasteiger partial charge in [0.15, 0.2) is 0 Å². The molecular weight excluding hydrogens is 210 g/mol. The highest BCUT2D eigenvalue weighted by atomic mass is 16.5. The zero-order chi connectivity index (χ0) is 12.1. The fourth-order valence-electron chi connectivity index (χ4n) is 1.76. The second kappa shape index (κ2) is 5.51. The number of aryl methyl sites for hydroxylation is 1. The summed E-state index contributed by atoms with van der Waals surface area (Å²) in [5.74, 6) is 1.76. The summed E-state index contributed by atoms with van der Waals surface area (Å²) < 4.78 is 5.89. The maximum atomic E-state index is 5.89. The van der Waals surface area contributed by atoms with Gasteiger partial charge in [0.25, 0.3) is 0 Å². The summed E-state index contributed by atoms with van der Waals surface area (Å²) in [5, 5.41) is 0. The molecule has 2 aromatic carbocycles. The highest BCUT2D eigenvalue weighted by Crippen LogP contribution is 2.26. The second-order valence-electron chi connectivity index (χ2n) is 3.91. The molecule has 0 radical (unpaired) electrons. The molecule has 0 unspecified atom stereocenters. The first kappa shape index (κ1) is 11.7. The van der Waals surface area contributed by atoms with Gasteiger partial charge in [0, 0.05) is 6.54 Å². The van der Waals surface area contributed by atoms with Gasteiger partial charge in [-0.05, 0) is 35.7 Å². The van der Waals surface area contributed by atoms with Gasteiger partial charge < -0.3 is 10.5 Å². The summed E-state index contributed by atoms with van der Waals surface area (Å²) in [6.45, 7) is 2.66. The number of rotatable bonds is 4. The molecule has 88 valence electrons. The molecule has 0 fully saturated rings. The second-order valence-corrected chi connectivity index (χ2v) is 3.91.